The number of piperazine rings is 1. The highest BCUT2D eigenvalue weighted by Crippen LogP contribution is 2.38. The predicted molar refractivity (Wildman–Crippen MR) is 124 cm³/mol. The fourth-order valence-corrected chi connectivity index (χ4v) is 5.30. The number of benzene rings is 2. The SMILES string of the molecule is Cc1c(C#N)cccc1[C@@H](C)Nc1nnc(C)c2cc(F)c(N3C[C@@H]4C[C@H]3CN4C)cc12. The first-order valence-electron chi connectivity index (χ1n) is 11.1. The Morgan fingerprint density at radius 3 is 2.66 bits per heavy atom. The molecular weight excluding hydrogens is 403 g/mol. The van der Waals surface area contributed by atoms with Gasteiger partial charge < -0.3 is 10.2 Å². The van der Waals surface area contributed by atoms with Gasteiger partial charge in [-0.25, -0.2) is 4.39 Å². The normalized spacial score (nSPS) is 21.2. The van der Waals surface area contributed by atoms with Gasteiger partial charge in [0.1, 0.15) is 5.82 Å². The van der Waals surface area contributed by atoms with Crippen molar-refractivity contribution in [3.8, 4) is 6.07 Å². The second-order valence-electron chi connectivity index (χ2n) is 9.12. The molecule has 6 nitrogen and oxygen atoms in total. The number of likely N-dealkylation sites (N-methyl/N-ethyl adjacent to an activating group) is 1. The smallest absolute Gasteiger partial charge is 0.157 e. The second kappa shape index (κ2) is 7.72. The Kier molecular flexibility index (Phi) is 4.98. The highest BCUT2D eigenvalue weighted by atomic mass is 19.1. The van der Waals surface area contributed by atoms with Crippen molar-refractivity contribution in [3.05, 3.63) is 58.5 Å². The van der Waals surface area contributed by atoms with E-state index in [4.69, 9.17) is 0 Å². The standard InChI is InChI=1S/C25H27FN6/c1-14-17(11-27)6-5-7-20(14)15(2)28-25-22-10-24(23(26)9-21(22)16(3)29-30-25)32-13-18-8-19(32)12-31(18)4/h5-7,9-10,15,18-19H,8,12-13H2,1-4H3,(H,28,30)/t15-,18+,19+/m1/s1. The van der Waals surface area contributed by atoms with Crippen LogP contribution in [0.3, 0.4) is 0 Å². The zero-order valence-electron chi connectivity index (χ0n) is 18.9. The van der Waals surface area contributed by atoms with E-state index in [0.29, 0.717) is 34.8 Å². The molecule has 1 N–H and O–H groups in total. The van der Waals surface area contributed by atoms with Crippen LogP contribution in [0.5, 0.6) is 0 Å². The molecule has 32 heavy (non-hydrogen) atoms. The van der Waals surface area contributed by atoms with Crippen molar-refractivity contribution in [2.45, 2.75) is 45.3 Å². The number of rotatable bonds is 4. The number of aryl methyl sites for hydroxylation is 1. The quantitative estimate of drug-likeness (QED) is 0.665. The molecule has 2 saturated heterocycles. The zero-order chi connectivity index (χ0) is 22.6. The number of hydrogen-bond donors (Lipinski definition) is 1. The summed E-state index contributed by atoms with van der Waals surface area (Å²) in [5, 5.41) is 23.2. The maximum Gasteiger partial charge on any atom is 0.157 e. The summed E-state index contributed by atoms with van der Waals surface area (Å²) in [5.74, 6) is 0.419. The van der Waals surface area contributed by atoms with Crippen LogP contribution in [0.1, 0.15) is 41.8 Å². The van der Waals surface area contributed by atoms with E-state index in [1.807, 2.05) is 45.0 Å². The van der Waals surface area contributed by atoms with Gasteiger partial charge in [0.2, 0.25) is 0 Å². The van der Waals surface area contributed by atoms with Gasteiger partial charge >= 0.3 is 0 Å². The van der Waals surface area contributed by atoms with Gasteiger partial charge in [-0.2, -0.15) is 10.4 Å². The van der Waals surface area contributed by atoms with E-state index in [0.717, 1.165) is 41.4 Å². The van der Waals surface area contributed by atoms with E-state index in [1.165, 1.54) is 0 Å². The predicted octanol–water partition coefficient (Wildman–Crippen LogP) is 4.32. The number of aromatic nitrogens is 2. The highest BCUT2D eigenvalue weighted by Gasteiger charge is 2.42. The summed E-state index contributed by atoms with van der Waals surface area (Å²) in [6.45, 7) is 7.66. The lowest BCUT2D eigenvalue weighted by Crippen LogP contribution is -2.44. The van der Waals surface area contributed by atoms with Crippen molar-refractivity contribution >= 4 is 22.3 Å². The Morgan fingerprint density at radius 1 is 1.16 bits per heavy atom. The Bertz CT molecular complexity index is 1250. The third kappa shape index (κ3) is 3.26. The zero-order valence-corrected chi connectivity index (χ0v) is 18.9. The number of nitrogens with zero attached hydrogens (tertiary/aromatic N) is 5. The summed E-state index contributed by atoms with van der Waals surface area (Å²) in [4.78, 5) is 4.57. The van der Waals surface area contributed by atoms with Gasteiger partial charge in [-0.3, -0.25) is 4.90 Å². The average molecular weight is 431 g/mol. The van der Waals surface area contributed by atoms with Gasteiger partial charge in [0.25, 0.3) is 0 Å². The van der Waals surface area contributed by atoms with Crippen LogP contribution in [0.2, 0.25) is 0 Å². The minimum atomic E-state index is -0.208. The van der Waals surface area contributed by atoms with Crippen LogP contribution in [0.4, 0.5) is 15.9 Å². The molecule has 3 atom stereocenters. The molecule has 3 heterocycles. The molecule has 2 aromatic carbocycles. The molecule has 0 unspecified atom stereocenters. The molecule has 0 spiro atoms. The van der Waals surface area contributed by atoms with E-state index in [1.54, 1.807) is 6.07 Å². The lowest BCUT2D eigenvalue weighted by Gasteiger charge is -2.34. The molecule has 164 valence electrons. The lowest BCUT2D eigenvalue weighted by molar-refractivity contribution is 0.292. The maximum atomic E-state index is 15.2. The van der Waals surface area contributed by atoms with Crippen molar-refractivity contribution in [2.24, 2.45) is 0 Å². The molecule has 1 aromatic heterocycles. The van der Waals surface area contributed by atoms with Gasteiger partial charge in [-0.15, -0.1) is 5.10 Å². The fourth-order valence-electron chi connectivity index (χ4n) is 5.30. The van der Waals surface area contributed by atoms with E-state index in [-0.39, 0.29) is 11.9 Å². The lowest BCUT2D eigenvalue weighted by atomic mass is 9.98. The third-order valence-corrected chi connectivity index (χ3v) is 7.17. The molecule has 0 radical (unpaired) electrons. The van der Waals surface area contributed by atoms with Crippen molar-refractivity contribution < 1.29 is 4.39 Å². The molecule has 2 aliphatic heterocycles. The molecule has 0 amide bonds. The largest absolute Gasteiger partial charge is 0.363 e. The molecule has 5 rings (SSSR count). The minimum Gasteiger partial charge on any atom is -0.363 e. The van der Waals surface area contributed by atoms with Crippen molar-refractivity contribution in [1.29, 1.82) is 5.26 Å². The first-order valence-corrected chi connectivity index (χ1v) is 11.1. The average Bonchev–Trinajstić information content (AvgIpc) is 3.35. The summed E-state index contributed by atoms with van der Waals surface area (Å²) < 4.78 is 15.2. The van der Waals surface area contributed by atoms with Crippen LogP contribution in [0.25, 0.3) is 10.8 Å². The minimum absolute atomic E-state index is 0.0894. The first kappa shape index (κ1) is 20.7. The van der Waals surface area contributed by atoms with Gasteiger partial charge in [-0.1, -0.05) is 12.1 Å². The Balaban J connectivity index is 1.54. The van der Waals surface area contributed by atoms with Crippen LogP contribution in [-0.2, 0) is 0 Å². The third-order valence-electron chi connectivity index (χ3n) is 7.17. The summed E-state index contributed by atoms with van der Waals surface area (Å²) >= 11 is 0. The van der Waals surface area contributed by atoms with Gasteiger partial charge in [0.05, 0.1) is 29.1 Å². The molecule has 7 heteroatoms. The fraction of sp³-hybridized carbons (Fsp3) is 0.400. The van der Waals surface area contributed by atoms with Crippen molar-refractivity contribution in [3.63, 3.8) is 0 Å². The summed E-state index contributed by atoms with van der Waals surface area (Å²) in [6, 6.07) is 12.3. The van der Waals surface area contributed by atoms with Crippen LogP contribution in [-0.4, -0.2) is 47.3 Å². The van der Waals surface area contributed by atoms with E-state index >= 15 is 4.39 Å². The monoisotopic (exact) mass is 430 g/mol. The molecule has 2 aliphatic rings. The summed E-state index contributed by atoms with van der Waals surface area (Å²) in [5.41, 5.74) is 3.98. The number of halogens is 1. The van der Waals surface area contributed by atoms with Gasteiger partial charge in [-0.05, 0) is 63.6 Å². The number of nitriles is 1. The molecule has 0 saturated carbocycles. The Morgan fingerprint density at radius 2 is 1.97 bits per heavy atom. The van der Waals surface area contributed by atoms with Gasteiger partial charge in [0, 0.05) is 35.9 Å². The molecule has 3 aromatic rings. The maximum absolute atomic E-state index is 15.2. The Labute approximate surface area is 187 Å². The molecule has 0 aliphatic carbocycles. The summed E-state index contributed by atoms with van der Waals surface area (Å²) in [6.07, 6.45) is 1.08. The number of nitrogens with one attached hydrogen (secondary N) is 1. The van der Waals surface area contributed by atoms with E-state index in [2.05, 4.69) is 38.4 Å². The van der Waals surface area contributed by atoms with Crippen molar-refractivity contribution in [1.82, 2.24) is 15.1 Å². The summed E-state index contributed by atoms with van der Waals surface area (Å²) in [7, 11) is 2.14. The number of anilines is 2. The van der Waals surface area contributed by atoms with Crippen LogP contribution >= 0.6 is 0 Å². The van der Waals surface area contributed by atoms with Crippen LogP contribution in [0.15, 0.2) is 30.3 Å². The van der Waals surface area contributed by atoms with Crippen LogP contribution in [0, 0.1) is 31.0 Å². The van der Waals surface area contributed by atoms with E-state index in [9.17, 15) is 5.26 Å². The first-order chi connectivity index (χ1) is 15.4. The second-order valence-corrected chi connectivity index (χ2v) is 9.12. The number of likely N-dealkylation sites (tertiary alicyclic amines) is 1. The van der Waals surface area contributed by atoms with Crippen molar-refractivity contribution in [2.75, 3.05) is 30.4 Å². The van der Waals surface area contributed by atoms with Gasteiger partial charge in [0.15, 0.2) is 5.82 Å². The topological polar surface area (TPSA) is 68.1 Å². The molecule has 2 fully saturated rings. The Hall–Kier alpha value is -3.24. The van der Waals surface area contributed by atoms with Crippen LogP contribution < -0.4 is 10.2 Å². The van der Waals surface area contributed by atoms with E-state index < -0.39 is 0 Å². The molecule has 2 bridgehead atoms. The highest BCUT2D eigenvalue weighted by molar-refractivity contribution is 5.95. The molecular formula is C25H27FN6. The number of hydrogen-bond acceptors (Lipinski definition) is 6. The number of fused-ring (bicyclic) bond motifs is 3.